The summed E-state index contributed by atoms with van der Waals surface area (Å²) < 4.78 is 0. The minimum absolute atomic E-state index is 0.0199. The maximum Gasteiger partial charge on any atom is 0.254 e. The SMILES string of the molecule is CCN(CC(C)C)C(=O)c1cc(N)nc2ccccc12. The zero-order valence-electron chi connectivity index (χ0n) is 12.3. The predicted octanol–water partition coefficient (Wildman–Crippen LogP) is 2.94. The number of anilines is 1. The van der Waals surface area contributed by atoms with Gasteiger partial charge in [0.1, 0.15) is 5.82 Å². The summed E-state index contributed by atoms with van der Waals surface area (Å²) in [6, 6.07) is 9.28. The second-order valence-corrected chi connectivity index (χ2v) is 5.35. The summed E-state index contributed by atoms with van der Waals surface area (Å²) in [6.45, 7) is 7.64. The van der Waals surface area contributed by atoms with Gasteiger partial charge in [-0.25, -0.2) is 4.98 Å². The number of carbonyl (C=O) groups is 1. The Morgan fingerprint density at radius 2 is 2.05 bits per heavy atom. The van der Waals surface area contributed by atoms with Gasteiger partial charge in [-0.3, -0.25) is 4.79 Å². The number of aromatic nitrogens is 1. The van der Waals surface area contributed by atoms with Crippen molar-refractivity contribution < 1.29 is 4.79 Å². The molecule has 0 aliphatic carbocycles. The van der Waals surface area contributed by atoms with Gasteiger partial charge in [0.05, 0.1) is 11.1 Å². The third kappa shape index (κ3) is 2.90. The fourth-order valence-corrected chi connectivity index (χ4v) is 2.34. The molecule has 2 N–H and O–H groups in total. The largest absolute Gasteiger partial charge is 0.384 e. The van der Waals surface area contributed by atoms with Gasteiger partial charge in [-0.05, 0) is 25.0 Å². The van der Waals surface area contributed by atoms with Crippen LogP contribution < -0.4 is 5.73 Å². The Hall–Kier alpha value is -2.10. The van der Waals surface area contributed by atoms with E-state index in [4.69, 9.17) is 5.73 Å². The number of nitrogen functional groups attached to an aromatic ring is 1. The molecular weight excluding hydrogens is 250 g/mol. The van der Waals surface area contributed by atoms with E-state index in [0.717, 1.165) is 17.4 Å². The highest BCUT2D eigenvalue weighted by Gasteiger charge is 2.18. The van der Waals surface area contributed by atoms with Crippen molar-refractivity contribution in [2.45, 2.75) is 20.8 Å². The van der Waals surface area contributed by atoms with Crippen LogP contribution in [0.5, 0.6) is 0 Å². The minimum atomic E-state index is 0.0199. The molecule has 1 amide bonds. The smallest absolute Gasteiger partial charge is 0.254 e. The molecule has 0 spiro atoms. The highest BCUT2D eigenvalue weighted by molar-refractivity contribution is 6.06. The van der Waals surface area contributed by atoms with Crippen LogP contribution in [-0.2, 0) is 0 Å². The van der Waals surface area contributed by atoms with E-state index in [-0.39, 0.29) is 5.91 Å². The van der Waals surface area contributed by atoms with Crippen LogP contribution in [0.25, 0.3) is 10.9 Å². The second-order valence-electron chi connectivity index (χ2n) is 5.35. The first-order chi connectivity index (χ1) is 9.52. The Balaban J connectivity index is 2.48. The lowest BCUT2D eigenvalue weighted by Gasteiger charge is -2.23. The Bertz CT molecular complexity index is 622. The molecule has 1 heterocycles. The van der Waals surface area contributed by atoms with E-state index in [1.165, 1.54) is 0 Å². The van der Waals surface area contributed by atoms with Gasteiger partial charge in [0.15, 0.2) is 0 Å². The average molecular weight is 271 g/mol. The van der Waals surface area contributed by atoms with E-state index < -0.39 is 0 Å². The van der Waals surface area contributed by atoms with Gasteiger partial charge in [0.25, 0.3) is 5.91 Å². The molecule has 106 valence electrons. The lowest BCUT2D eigenvalue weighted by Crippen LogP contribution is -2.34. The zero-order valence-corrected chi connectivity index (χ0v) is 12.3. The quantitative estimate of drug-likeness (QED) is 0.930. The number of rotatable bonds is 4. The number of carbonyl (C=O) groups excluding carboxylic acids is 1. The number of hydrogen-bond donors (Lipinski definition) is 1. The number of benzene rings is 1. The molecular formula is C16H21N3O. The molecule has 4 heteroatoms. The molecule has 0 unspecified atom stereocenters. The monoisotopic (exact) mass is 271 g/mol. The van der Waals surface area contributed by atoms with Crippen molar-refractivity contribution >= 4 is 22.6 Å². The predicted molar refractivity (Wildman–Crippen MR) is 82.6 cm³/mol. The molecule has 0 fully saturated rings. The standard InChI is InChI=1S/C16H21N3O/c1-4-19(10-11(2)3)16(20)13-9-15(17)18-14-8-6-5-7-12(13)14/h5-9,11H,4,10H2,1-3H3,(H2,17,18). The van der Waals surface area contributed by atoms with Gasteiger partial charge in [0, 0.05) is 18.5 Å². The van der Waals surface area contributed by atoms with Crippen molar-refractivity contribution in [3.8, 4) is 0 Å². The molecule has 0 saturated heterocycles. The number of pyridine rings is 1. The zero-order chi connectivity index (χ0) is 14.7. The van der Waals surface area contributed by atoms with E-state index in [1.54, 1.807) is 6.07 Å². The topological polar surface area (TPSA) is 59.2 Å². The third-order valence-corrected chi connectivity index (χ3v) is 3.22. The van der Waals surface area contributed by atoms with Crippen LogP contribution in [-0.4, -0.2) is 28.9 Å². The molecule has 1 aromatic heterocycles. The number of amides is 1. The van der Waals surface area contributed by atoms with E-state index in [9.17, 15) is 4.79 Å². The van der Waals surface area contributed by atoms with Crippen LogP contribution in [0.3, 0.4) is 0 Å². The Morgan fingerprint density at radius 3 is 2.70 bits per heavy atom. The highest BCUT2D eigenvalue weighted by Crippen LogP contribution is 2.21. The summed E-state index contributed by atoms with van der Waals surface area (Å²) in [5.41, 5.74) is 7.22. The molecule has 0 bridgehead atoms. The first-order valence-electron chi connectivity index (χ1n) is 6.97. The number of nitrogens with two attached hydrogens (primary N) is 1. The van der Waals surface area contributed by atoms with Crippen LogP contribution in [0.4, 0.5) is 5.82 Å². The minimum Gasteiger partial charge on any atom is -0.384 e. The summed E-state index contributed by atoms with van der Waals surface area (Å²) >= 11 is 0. The molecule has 1 aromatic carbocycles. The molecule has 0 atom stereocenters. The number of para-hydroxylation sites is 1. The Labute approximate surface area is 119 Å². The third-order valence-electron chi connectivity index (χ3n) is 3.22. The van der Waals surface area contributed by atoms with Gasteiger partial charge in [-0.1, -0.05) is 32.0 Å². The van der Waals surface area contributed by atoms with Gasteiger partial charge in [-0.15, -0.1) is 0 Å². The first-order valence-corrected chi connectivity index (χ1v) is 6.97. The van der Waals surface area contributed by atoms with Gasteiger partial charge < -0.3 is 10.6 Å². The van der Waals surface area contributed by atoms with Gasteiger partial charge in [0.2, 0.25) is 0 Å². The summed E-state index contributed by atoms with van der Waals surface area (Å²) in [4.78, 5) is 18.8. The maximum absolute atomic E-state index is 12.7. The van der Waals surface area contributed by atoms with Gasteiger partial charge >= 0.3 is 0 Å². The molecule has 2 rings (SSSR count). The fourth-order valence-electron chi connectivity index (χ4n) is 2.34. The molecule has 0 saturated carbocycles. The van der Waals surface area contributed by atoms with E-state index in [1.807, 2.05) is 36.1 Å². The summed E-state index contributed by atoms with van der Waals surface area (Å²) in [5, 5.41) is 0.855. The van der Waals surface area contributed by atoms with E-state index in [0.29, 0.717) is 23.8 Å². The molecule has 0 aliphatic rings. The van der Waals surface area contributed by atoms with Crippen molar-refractivity contribution in [1.82, 2.24) is 9.88 Å². The molecule has 0 radical (unpaired) electrons. The number of hydrogen-bond acceptors (Lipinski definition) is 3. The summed E-state index contributed by atoms with van der Waals surface area (Å²) in [7, 11) is 0. The highest BCUT2D eigenvalue weighted by atomic mass is 16.2. The lowest BCUT2D eigenvalue weighted by molar-refractivity contribution is 0.0748. The van der Waals surface area contributed by atoms with Crippen molar-refractivity contribution in [1.29, 1.82) is 0 Å². The van der Waals surface area contributed by atoms with Crippen LogP contribution in [0.1, 0.15) is 31.1 Å². The van der Waals surface area contributed by atoms with Crippen molar-refractivity contribution in [2.75, 3.05) is 18.8 Å². The normalized spacial score (nSPS) is 11.0. The Morgan fingerprint density at radius 1 is 1.35 bits per heavy atom. The summed E-state index contributed by atoms with van der Waals surface area (Å²) in [6.07, 6.45) is 0. The fraction of sp³-hybridized carbons (Fsp3) is 0.375. The summed E-state index contributed by atoms with van der Waals surface area (Å²) in [5.74, 6) is 0.837. The number of nitrogens with zero attached hydrogens (tertiary/aromatic N) is 2. The van der Waals surface area contributed by atoms with Gasteiger partial charge in [-0.2, -0.15) is 0 Å². The first kappa shape index (κ1) is 14.3. The molecule has 0 aliphatic heterocycles. The molecule has 2 aromatic rings. The van der Waals surface area contributed by atoms with Crippen LogP contribution in [0.2, 0.25) is 0 Å². The second kappa shape index (κ2) is 5.90. The maximum atomic E-state index is 12.7. The van der Waals surface area contributed by atoms with Crippen molar-refractivity contribution in [3.05, 3.63) is 35.9 Å². The molecule has 4 nitrogen and oxygen atoms in total. The van der Waals surface area contributed by atoms with Crippen molar-refractivity contribution in [2.24, 2.45) is 5.92 Å². The van der Waals surface area contributed by atoms with Crippen LogP contribution >= 0.6 is 0 Å². The van der Waals surface area contributed by atoms with E-state index in [2.05, 4.69) is 18.8 Å². The average Bonchev–Trinajstić information content (AvgIpc) is 2.42. The number of fused-ring (bicyclic) bond motifs is 1. The van der Waals surface area contributed by atoms with Crippen LogP contribution in [0, 0.1) is 5.92 Å². The Kier molecular flexibility index (Phi) is 4.23. The van der Waals surface area contributed by atoms with E-state index >= 15 is 0 Å². The molecule has 20 heavy (non-hydrogen) atoms. The van der Waals surface area contributed by atoms with Crippen molar-refractivity contribution in [3.63, 3.8) is 0 Å². The lowest BCUT2D eigenvalue weighted by atomic mass is 10.1. The van der Waals surface area contributed by atoms with Crippen LogP contribution in [0.15, 0.2) is 30.3 Å².